The van der Waals surface area contributed by atoms with E-state index in [4.69, 9.17) is 20.2 Å². The molecule has 10 nitrogen and oxygen atoms in total. The molecule has 46 heavy (non-hydrogen) atoms. The van der Waals surface area contributed by atoms with E-state index in [0.29, 0.717) is 66.3 Å². The van der Waals surface area contributed by atoms with Gasteiger partial charge in [-0.3, -0.25) is 4.99 Å². The molecule has 4 aromatic heterocycles. The number of halogens is 2. The molecular weight excluding hydrogens is 592 g/mol. The van der Waals surface area contributed by atoms with Crippen LogP contribution in [0, 0.1) is 11.8 Å². The van der Waals surface area contributed by atoms with Gasteiger partial charge in [0.15, 0.2) is 0 Å². The van der Waals surface area contributed by atoms with Gasteiger partial charge >= 0.3 is 6.09 Å². The van der Waals surface area contributed by atoms with Crippen molar-refractivity contribution in [3.8, 4) is 5.88 Å². The third-order valence-corrected chi connectivity index (χ3v) is 7.77. The fraction of sp³-hybridized carbons (Fsp3) is 0.382. The number of carbonyl (C=O) groups excluding carboxylic acids is 1. The summed E-state index contributed by atoms with van der Waals surface area (Å²) in [6.07, 6.45) is 10.1. The number of rotatable bonds is 9. The normalized spacial score (nSPS) is 14.7. The number of amides is 1. The first-order valence-electron chi connectivity index (χ1n) is 15.2. The first-order chi connectivity index (χ1) is 22.0. The lowest BCUT2D eigenvalue weighted by Gasteiger charge is -2.32. The molecule has 0 atom stereocenters. The molecule has 4 aromatic rings. The Bertz CT molecular complexity index is 1760. The van der Waals surface area contributed by atoms with Gasteiger partial charge in [0.2, 0.25) is 11.8 Å². The van der Waals surface area contributed by atoms with Crippen LogP contribution in [0.2, 0.25) is 0 Å². The first kappa shape index (κ1) is 32.5. The average molecular weight is 632 g/mol. The quantitative estimate of drug-likeness (QED) is 0.177. The van der Waals surface area contributed by atoms with Crippen LogP contribution >= 0.6 is 0 Å². The van der Waals surface area contributed by atoms with Crippen molar-refractivity contribution >= 4 is 28.9 Å². The number of nitrogens with one attached hydrogen (secondary N) is 1. The summed E-state index contributed by atoms with van der Waals surface area (Å²) in [5, 5.41) is 0.838. The number of methoxy groups -OCH3 is 1. The lowest BCUT2D eigenvalue weighted by atomic mass is 10.0. The van der Waals surface area contributed by atoms with Gasteiger partial charge in [0.25, 0.3) is 0 Å². The number of aliphatic imine (C=N–C) groups is 1. The highest BCUT2D eigenvalue weighted by Gasteiger charge is 2.26. The van der Waals surface area contributed by atoms with Crippen molar-refractivity contribution in [3.05, 3.63) is 88.8 Å². The molecule has 242 valence electrons. The number of piperidine rings is 1. The number of hydrogen-bond acceptors (Lipinski definition) is 8. The van der Waals surface area contributed by atoms with E-state index in [1.807, 2.05) is 33.0 Å². The zero-order chi connectivity index (χ0) is 32.8. The number of aromatic nitrogens is 4. The average Bonchev–Trinajstić information content (AvgIpc) is 3.43. The molecule has 5 rings (SSSR count). The van der Waals surface area contributed by atoms with Gasteiger partial charge in [-0.1, -0.05) is 6.07 Å². The number of H-pyrrole nitrogens is 1. The molecule has 1 saturated heterocycles. The van der Waals surface area contributed by atoms with Crippen molar-refractivity contribution in [2.24, 2.45) is 10.7 Å². The minimum atomic E-state index is -0.562. The fourth-order valence-corrected chi connectivity index (χ4v) is 5.36. The highest BCUT2D eigenvalue weighted by atomic mass is 19.1. The molecule has 1 fully saturated rings. The second kappa shape index (κ2) is 14.1. The summed E-state index contributed by atoms with van der Waals surface area (Å²) in [4.78, 5) is 34.7. The van der Waals surface area contributed by atoms with Crippen LogP contribution in [0.3, 0.4) is 0 Å². The number of allylic oxidation sites excluding steroid dienone is 1. The van der Waals surface area contributed by atoms with Crippen LogP contribution in [-0.4, -0.2) is 69.0 Å². The molecular formula is C34H39F2N7O3. The molecule has 0 saturated carbocycles. The van der Waals surface area contributed by atoms with Crippen LogP contribution in [0.25, 0.3) is 16.6 Å². The Morgan fingerprint density at radius 3 is 2.59 bits per heavy atom. The lowest BCUT2D eigenvalue weighted by Crippen LogP contribution is -2.42. The number of ether oxygens (including phenoxy) is 2. The Morgan fingerprint density at radius 2 is 1.89 bits per heavy atom. The number of fused-ring (bicyclic) bond motifs is 1. The predicted octanol–water partition coefficient (Wildman–Crippen LogP) is 5.79. The minimum absolute atomic E-state index is 0.0548. The molecule has 1 amide bonds. The van der Waals surface area contributed by atoms with Gasteiger partial charge in [-0.2, -0.15) is 4.39 Å². The van der Waals surface area contributed by atoms with Crippen LogP contribution < -0.4 is 10.5 Å². The Hall–Kier alpha value is -4.87. The van der Waals surface area contributed by atoms with E-state index in [-0.39, 0.29) is 12.1 Å². The number of hydrogen-bond donors (Lipinski definition) is 2. The van der Waals surface area contributed by atoms with Crippen LogP contribution in [0.15, 0.2) is 54.0 Å². The van der Waals surface area contributed by atoms with E-state index < -0.39 is 17.4 Å². The summed E-state index contributed by atoms with van der Waals surface area (Å²) < 4.78 is 39.5. The van der Waals surface area contributed by atoms with Gasteiger partial charge in [-0.05, 0) is 70.2 Å². The topological polar surface area (TPSA) is 132 Å². The van der Waals surface area contributed by atoms with Gasteiger partial charge in [0.1, 0.15) is 17.1 Å². The molecule has 0 aliphatic carbocycles. The second-order valence-electron chi connectivity index (χ2n) is 12.3. The van der Waals surface area contributed by atoms with Crippen molar-refractivity contribution in [1.82, 2.24) is 24.8 Å². The molecule has 12 heteroatoms. The monoisotopic (exact) mass is 631 g/mol. The first-order valence-corrected chi connectivity index (χ1v) is 15.2. The third kappa shape index (κ3) is 8.04. The van der Waals surface area contributed by atoms with Crippen molar-refractivity contribution in [2.45, 2.75) is 64.5 Å². The highest BCUT2D eigenvalue weighted by Crippen LogP contribution is 2.25. The maximum Gasteiger partial charge on any atom is 0.410 e. The smallest absolute Gasteiger partial charge is 0.410 e. The maximum atomic E-state index is 15.2. The van der Waals surface area contributed by atoms with E-state index >= 15 is 4.39 Å². The van der Waals surface area contributed by atoms with Crippen LogP contribution in [0.1, 0.15) is 61.6 Å². The van der Waals surface area contributed by atoms with Crippen LogP contribution in [0.5, 0.6) is 5.88 Å². The Morgan fingerprint density at radius 1 is 1.11 bits per heavy atom. The third-order valence-electron chi connectivity index (χ3n) is 7.77. The molecule has 1 aliphatic rings. The molecule has 0 bridgehead atoms. The van der Waals surface area contributed by atoms with Crippen molar-refractivity contribution in [2.75, 3.05) is 20.2 Å². The molecule has 1 aliphatic heterocycles. The zero-order valence-electron chi connectivity index (χ0n) is 26.5. The van der Waals surface area contributed by atoms with Crippen LogP contribution in [-0.2, 0) is 24.0 Å². The summed E-state index contributed by atoms with van der Waals surface area (Å²) >= 11 is 0. The molecule has 3 N–H and O–H groups in total. The van der Waals surface area contributed by atoms with Gasteiger partial charge in [-0.15, -0.1) is 0 Å². The largest absolute Gasteiger partial charge is 0.481 e. The number of likely N-dealkylation sites (tertiary alicyclic amines) is 1. The van der Waals surface area contributed by atoms with Gasteiger partial charge < -0.3 is 25.1 Å². The summed E-state index contributed by atoms with van der Waals surface area (Å²) in [6, 6.07) is 6.88. The van der Waals surface area contributed by atoms with E-state index in [1.165, 1.54) is 19.4 Å². The number of aryl methyl sites for hydroxylation is 2. The summed E-state index contributed by atoms with van der Waals surface area (Å²) in [6.45, 7) is 6.71. The standard InChI is InChI=1S/C34H39F2N7O3/c1-34(2,3)46-33(44)43-11-9-27(10-12-43)38-19-25(16-37)23-15-29-24(18-40-31(29)39-17-23)13-21-5-7-28(42-30(21)36)8-6-22-14-26(35)20-41-32(22)45-4/h5,7,14-20,27H,6,8-13,37H2,1-4H3,(H,39,40)/b25-16+,38-19?. The summed E-state index contributed by atoms with van der Waals surface area (Å²) in [5.41, 5.74) is 10.1. The van der Waals surface area contributed by atoms with Crippen molar-refractivity contribution in [3.63, 3.8) is 0 Å². The number of carbonyl (C=O) groups is 1. The van der Waals surface area contributed by atoms with Crippen molar-refractivity contribution < 1.29 is 23.0 Å². The Kier molecular flexibility index (Phi) is 9.93. The van der Waals surface area contributed by atoms with E-state index in [0.717, 1.165) is 35.6 Å². The Labute approximate surface area is 266 Å². The summed E-state index contributed by atoms with van der Waals surface area (Å²) in [7, 11) is 1.47. The lowest BCUT2D eigenvalue weighted by molar-refractivity contribution is 0.0207. The summed E-state index contributed by atoms with van der Waals surface area (Å²) in [5.74, 6) is -0.682. The Balaban J connectivity index is 1.23. The van der Waals surface area contributed by atoms with Gasteiger partial charge in [-0.25, -0.2) is 24.1 Å². The minimum Gasteiger partial charge on any atom is -0.481 e. The van der Waals surface area contributed by atoms with E-state index in [1.54, 1.807) is 29.4 Å². The predicted molar refractivity (Wildman–Crippen MR) is 173 cm³/mol. The second-order valence-corrected chi connectivity index (χ2v) is 12.3. The number of nitrogens with two attached hydrogens (primary N) is 1. The van der Waals surface area contributed by atoms with E-state index in [2.05, 4.69) is 19.9 Å². The van der Waals surface area contributed by atoms with Crippen LogP contribution in [0.4, 0.5) is 13.6 Å². The molecule has 5 heterocycles. The van der Waals surface area contributed by atoms with Gasteiger partial charge in [0, 0.05) is 77.7 Å². The molecule has 0 unspecified atom stereocenters. The van der Waals surface area contributed by atoms with Gasteiger partial charge in [0.05, 0.1) is 19.3 Å². The molecule has 0 radical (unpaired) electrons. The highest BCUT2D eigenvalue weighted by molar-refractivity contribution is 6.10. The van der Waals surface area contributed by atoms with E-state index in [9.17, 15) is 9.18 Å². The SMILES string of the molecule is COc1ncc(F)cc1CCc1ccc(Cc2c[nH]c3ncc(/C(C=NC4CCN(C(=O)OC(C)(C)C)CC4)=C/N)cc23)c(F)n1. The number of aromatic amines is 1. The number of pyridine rings is 3. The van der Waals surface area contributed by atoms with Crippen molar-refractivity contribution in [1.29, 1.82) is 0 Å². The zero-order valence-corrected chi connectivity index (χ0v) is 26.5. The molecule has 0 aromatic carbocycles. The molecule has 0 spiro atoms. The number of nitrogens with zero attached hydrogens (tertiary/aromatic N) is 5. The fourth-order valence-electron chi connectivity index (χ4n) is 5.36. The maximum absolute atomic E-state index is 15.2.